The molecular weight excluding hydrogens is 404 g/mol. The molecule has 0 saturated heterocycles. The van der Waals surface area contributed by atoms with Crippen molar-refractivity contribution >= 4 is 23.6 Å². The van der Waals surface area contributed by atoms with Gasteiger partial charge >= 0.3 is 5.97 Å². The molecule has 0 amide bonds. The van der Waals surface area contributed by atoms with Crippen LogP contribution in [0.25, 0.3) is 6.08 Å². The number of carbonyl (C=O) groups excluding carboxylic acids is 1. The fourth-order valence-corrected chi connectivity index (χ4v) is 2.87. The summed E-state index contributed by atoms with van der Waals surface area (Å²) in [5.74, 6) is 0.602. The van der Waals surface area contributed by atoms with Crippen molar-refractivity contribution in [3.05, 3.63) is 63.3 Å². The minimum absolute atomic E-state index is 0.0615. The van der Waals surface area contributed by atoms with E-state index in [0.717, 1.165) is 12.8 Å². The Bertz CT molecular complexity index is 1040. The fraction of sp³-hybridized carbons (Fsp3) is 0.273. The van der Waals surface area contributed by atoms with Gasteiger partial charge in [-0.2, -0.15) is 0 Å². The highest BCUT2D eigenvalue weighted by molar-refractivity contribution is 6.13. The lowest BCUT2D eigenvalue weighted by Crippen LogP contribution is -2.05. The van der Waals surface area contributed by atoms with Crippen LogP contribution in [0.1, 0.15) is 30.9 Å². The van der Waals surface area contributed by atoms with Crippen molar-refractivity contribution < 1.29 is 28.7 Å². The van der Waals surface area contributed by atoms with Crippen molar-refractivity contribution in [3.63, 3.8) is 0 Å². The molecule has 0 N–H and O–H groups in total. The molecule has 9 heteroatoms. The van der Waals surface area contributed by atoms with Crippen LogP contribution in [0.15, 0.2) is 47.1 Å². The topological polar surface area (TPSA) is 109 Å². The van der Waals surface area contributed by atoms with E-state index < -0.39 is 10.9 Å². The lowest BCUT2D eigenvalue weighted by atomic mass is 10.1. The number of carbonyl (C=O) groups is 1. The summed E-state index contributed by atoms with van der Waals surface area (Å²) in [4.78, 5) is 27.4. The SMILES string of the molecule is CCCCOc1ccc(C2=N/C(=C\c3cc(OC)c(OC)cc3[N+](=O)[O-])C(=O)O2)cc1. The lowest BCUT2D eigenvalue weighted by molar-refractivity contribution is -0.385. The van der Waals surface area contributed by atoms with Gasteiger partial charge in [0.2, 0.25) is 5.90 Å². The number of hydrogen-bond acceptors (Lipinski definition) is 8. The van der Waals surface area contributed by atoms with Crippen LogP contribution in [0.2, 0.25) is 0 Å². The first-order valence-electron chi connectivity index (χ1n) is 9.63. The van der Waals surface area contributed by atoms with E-state index in [1.807, 2.05) is 0 Å². The maximum atomic E-state index is 12.3. The van der Waals surface area contributed by atoms with Crippen LogP contribution in [-0.4, -0.2) is 37.6 Å². The van der Waals surface area contributed by atoms with Crippen LogP contribution < -0.4 is 14.2 Å². The largest absolute Gasteiger partial charge is 0.494 e. The molecule has 1 aliphatic heterocycles. The number of methoxy groups -OCH3 is 2. The molecule has 0 unspecified atom stereocenters. The second-order valence-electron chi connectivity index (χ2n) is 6.59. The average Bonchev–Trinajstić information content (AvgIpc) is 3.14. The lowest BCUT2D eigenvalue weighted by Gasteiger charge is -2.08. The molecule has 0 bridgehead atoms. The summed E-state index contributed by atoms with van der Waals surface area (Å²) in [5.41, 5.74) is 0.407. The van der Waals surface area contributed by atoms with Gasteiger partial charge in [-0.25, -0.2) is 9.79 Å². The maximum Gasteiger partial charge on any atom is 0.363 e. The van der Waals surface area contributed by atoms with Crippen LogP contribution in [0.5, 0.6) is 17.2 Å². The highest BCUT2D eigenvalue weighted by Crippen LogP contribution is 2.36. The number of cyclic esters (lactones) is 1. The minimum Gasteiger partial charge on any atom is -0.494 e. The third kappa shape index (κ3) is 5.00. The van der Waals surface area contributed by atoms with Gasteiger partial charge in [0.1, 0.15) is 5.75 Å². The molecule has 162 valence electrons. The molecule has 0 saturated carbocycles. The van der Waals surface area contributed by atoms with E-state index in [1.54, 1.807) is 24.3 Å². The number of unbranched alkanes of at least 4 members (excludes halogenated alkanes) is 1. The van der Waals surface area contributed by atoms with Crippen LogP contribution >= 0.6 is 0 Å². The highest BCUT2D eigenvalue weighted by atomic mass is 16.6. The van der Waals surface area contributed by atoms with E-state index in [2.05, 4.69) is 11.9 Å². The monoisotopic (exact) mass is 426 g/mol. The van der Waals surface area contributed by atoms with Crippen molar-refractivity contribution in [1.82, 2.24) is 0 Å². The zero-order chi connectivity index (χ0) is 22.4. The third-order valence-corrected chi connectivity index (χ3v) is 4.51. The molecule has 9 nitrogen and oxygen atoms in total. The second-order valence-corrected chi connectivity index (χ2v) is 6.59. The number of hydrogen-bond donors (Lipinski definition) is 0. The fourth-order valence-electron chi connectivity index (χ4n) is 2.87. The molecular formula is C22H22N2O7. The van der Waals surface area contributed by atoms with Gasteiger partial charge in [-0.15, -0.1) is 0 Å². The molecule has 0 spiro atoms. The average molecular weight is 426 g/mol. The third-order valence-electron chi connectivity index (χ3n) is 4.51. The molecule has 0 radical (unpaired) electrons. The summed E-state index contributed by atoms with van der Waals surface area (Å²) in [5, 5.41) is 11.5. The highest BCUT2D eigenvalue weighted by Gasteiger charge is 2.26. The second kappa shape index (κ2) is 9.75. The molecule has 1 heterocycles. The molecule has 1 aliphatic rings. The molecule has 2 aromatic rings. The van der Waals surface area contributed by atoms with Gasteiger partial charge in [0.05, 0.1) is 37.4 Å². The molecule has 0 fully saturated rings. The Kier molecular flexibility index (Phi) is 6.86. The van der Waals surface area contributed by atoms with Crippen molar-refractivity contribution in [3.8, 4) is 17.2 Å². The van der Waals surface area contributed by atoms with Gasteiger partial charge in [0.15, 0.2) is 17.2 Å². The maximum absolute atomic E-state index is 12.3. The minimum atomic E-state index is -0.706. The zero-order valence-electron chi connectivity index (χ0n) is 17.4. The van der Waals surface area contributed by atoms with E-state index in [0.29, 0.717) is 17.9 Å². The predicted molar refractivity (Wildman–Crippen MR) is 114 cm³/mol. The summed E-state index contributed by atoms with van der Waals surface area (Å²) in [6.07, 6.45) is 3.29. The number of rotatable bonds is 9. The molecule has 3 rings (SSSR count). The van der Waals surface area contributed by atoms with E-state index in [4.69, 9.17) is 18.9 Å². The van der Waals surface area contributed by atoms with Crippen LogP contribution in [0.3, 0.4) is 0 Å². The van der Waals surface area contributed by atoms with Crippen LogP contribution in [-0.2, 0) is 9.53 Å². The number of nitrogens with zero attached hydrogens (tertiary/aromatic N) is 2. The Morgan fingerprint density at radius 3 is 2.42 bits per heavy atom. The summed E-state index contributed by atoms with van der Waals surface area (Å²) >= 11 is 0. The molecule has 0 aliphatic carbocycles. The summed E-state index contributed by atoms with van der Waals surface area (Å²) in [7, 11) is 2.79. The number of ether oxygens (including phenoxy) is 4. The molecule has 0 atom stereocenters. The van der Waals surface area contributed by atoms with E-state index >= 15 is 0 Å². The Labute approximate surface area is 179 Å². The van der Waals surface area contributed by atoms with Gasteiger partial charge in [0.25, 0.3) is 5.69 Å². The van der Waals surface area contributed by atoms with Crippen LogP contribution in [0.4, 0.5) is 5.69 Å². The number of nitro benzene ring substituents is 1. The number of aliphatic imine (C=N–C) groups is 1. The first kappa shape index (κ1) is 21.8. The Morgan fingerprint density at radius 2 is 1.81 bits per heavy atom. The van der Waals surface area contributed by atoms with Crippen LogP contribution in [0, 0.1) is 10.1 Å². The van der Waals surface area contributed by atoms with Crippen molar-refractivity contribution in [1.29, 1.82) is 0 Å². The van der Waals surface area contributed by atoms with Gasteiger partial charge < -0.3 is 18.9 Å². The Balaban J connectivity index is 1.90. The zero-order valence-corrected chi connectivity index (χ0v) is 17.4. The smallest absolute Gasteiger partial charge is 0.363 e. The van der Waals surface area contributed by atoms with E-state index in [-0.39, 0.29) is 34.3 Å². The first-order chi connectivity index (χ1) is 15.0. The van der Waals surface area contributed by atoms with Gasteiger partial charge in [-0.1, -0.05) is 13.3 Å². The molecule has 31 heavy (non-hydrogen) atoms. The standard InChI is InChI=1S/C22H22N2O7/c1-4-5-10-30-16-8-6-14(7-9-16)21-23-17(22(25)31-21)11-15-12-19(28-2)20(29-3)13-18(15)24(26)27/h6-9,11-13H,4-5,10H2,1-3H3/b17-11-. The number of esters is 1. The van der Waals surface area contributed by atoms with Crippen molar-refractivity contribution in [2.24, 2.45) is 4.99 Å². The predicted octanol–water partition coefficient (Wildman–Crippen LogP) is 4.14. The van der Waals surface area contributed by atoms with Gasteiger partial charge in [-0.05, 0) is 42.8 Å². The summed E-state index contributed by atoms with van der Waals surface area (Å²) in [6.45, 7) is 2.71. The van der Waals surface area contributed by atoms with Gasteiger partial charge in [-0.3, -0.25) is 10.1 Å². The number of benzene rings is 2. The quantitative estimate of drug-likeness (QED) is 0.195. The van der Waals surface area contributed by atoms with E-state index in [1.165, 1.54) is 32.4 Å². The summed E-state index contributed by atoms with van der Waals surface area (Å²) < 4.78 is 21.2. The van der Waals surface area contributed by atoms with Crippen molar-refractivity contribution in [2.75, 3.05) is 20.8 Å². The Hall–Kier alpha value is -3.88. The number of nitro groups is 1. The van der Waals surface area contributed by atoms with Gasteiger partial charge in [0, 0.05) is 5.56 Å². The van der Waals surface area contributed by atoms with Crippen molar-refractivity contribution in [2.45, 2.75) is 19.8 Å². The molecule has 2 aromatic carbocycles. The normalized spacial score (nSPS) is 14.2. The summed E-state index contributed by atoms with van der Waals surface area (Å²) in [6, 6.07) is 9.63. The first-order valence-corrected chi connectivity index (χ1v) is 9.63. The van der Waals surface area contributed by atoms with E-state index in [9.17, 15) is 14.9 Å². The Morgan fingerprint density at radius 1 is 1.13 bits per heavy atom. The molecule has 0 aromatic heterocycles.